The second kappa shape index (κ2) is 7.62. The maximum atomic E-state index is 12.7. The van der Waals surface area contributed by atoms with E-state index in [9.17, 15) is 4.79 Å². The van der Waals surface area contributed by atoms with Gasteiger partial charge in [0, 0.05) is 24.1 Å². The van der Waals surface area contributed by atoms with Gasteiger partial charge in [-0.15, -0.1) is 0 Å². The molecular weight excluding hydrogens is 330 g/mol. The second-order valence-corrected chi connectivity index (χ2v) is 6.35. The number of hydrogen-bond acceptors (Lipinski definition) is 4. The first-order chi connectivity index (χ1) is 12.8. The third-order valence-corrected chi connectivity index (χ3v) is 4.55. The molecule has 3 aromatic rings. The highest BCUT2D eigenvalue weighted by Gasteiger charge is 2.23. The molecule has 1 saturated heterocycles. The Bertz CT molecular complexity index is 881. The number of fused-ring (bicyclic) bond motifs is 1. The quantitative estimate of drug-likeness (QED) is 0.731. The van der Waals surface area contributed by atoms with Crippen molar-refractivity contribution in [1.29, 1.82) is 0 Å². The number of nitrogens with one attached hydrogen (secondary N) is 1. The molecule has 1 aliphatic heterocycles. The zero-order valence-electron chi connectivity index (χ0n) is 14.4. The van der Waals surface area contributed by atoms with E-state index >= 15 is 0 Å². The lowest BCUT2D eigenvalue weighted by Crippen LogP contribution is -2.32. The van der Waals surface area contributed by atoms with E-state index in [0.717, 1.165) is 36.1 Å². The zero-order chi connectivity index (χ0) is 17.8. The van der Waals surface area contributed by atoms with E-state index in [2.05, 4.69) is 5.32 Å². The third-order valence-electron chi connectivity index (χ3n) is 4.55. The summed E-state index contributed by atoms with van der Waals surface area (Å²) in [5.74, 6) is 0.826. The van der Waals surface area contributed by atoms with E-state index in [1.165, 1.54) is 0 Å². The SMILES string of the molecule is O=C(NC[C@H]1CCCO1)c1oc2ccccc2c1COc1ccccc1. The Labute approximate surface area is 151 Å². The normalized spacial score (nSPS) is 16.7. The van der Waals surface area contributed by atoms with Gasteiger partial charge in [-0.05, 0) is 31.0 Å². The van der Waals surface area contributed by atoms with Gasteiger partial charge in [0.15, 0.2) is 5.76 Å². The molecular formula is C21H21NO4. The summed E-state index contributed by atoms with van der Waals surface area (Å²) in [6.07, 6.45) is 2.11. The fourth-order valence-corrected chi connectivity index (χ4v) is 3.19. The van der Waals surface area contributed by atoms with Crippen molar-refractivity contribution < 1.29 is 18.7 Å². The van der Waals surface area contributed by atoms with Crippen LogP contribution in [-0.4, -0.2) is 25.2 Å². The van der Waals surface area contributed by atoms with Crippen molar-refractivity contribution in [2.75, 3.05) is 13.2 Å². The molecule has 1 aromatic heterocycles. The predicted molar refractivity (Wildman–Crippen MR) is 98.3 cm³/mol. The molecule has 0 spiro atoms. The molecule has 1 atom stereocenters. The summed E-state index contributed by atoms with van der Waals surface area (Å²) in [5.41, 5.74) is 1.44. The summed E-state index contributed by atoms with van der Waals surface area (Å²) in [5, 5.41) is 3.82. The molecule has 0 aliphatic carbocycles. The largest absolute Gasteiger partial charge is 0.489 e. The Hall–Kier alpha value is -2.79. The molecule has 1 amide bonds. The van der Waals surface area contributed by atoms with E-state index in [1.54, 1.807) is 0 Å². The predicted octanol–water partition coefficient (Wildman–Crippen LogP) is 3.92. The van der Waals surface area contributed by atoms with Gasteiger partial charge >= 0.3 is 0 Å². The van der Waals surface area contributed by atoms with Crippen LogP contribution < -0.4 is 10.1 Å². The molecule has 26 heavy (non-hydrogen) atoms. The fraction of sp³-hybridized carbons (Fsp3) is 0.286. The van der Waals surface area contributed by atoms with Gasteiger partial charge in [0.1, 0.15) is 17.9 Å². The van der Waals surface area contributed by atoms with Gasteiger partial charge in [-0.3, -0.25) is 4.79 Å². The van der Waals surface area contributed by atoms with Crippen LogP contribution in [0.1, 0.15) is 29.0 Å². The summed E-state index contributed by atoms with van der Waals surface area (Å²) in [7, 11) is 0. The Balaban J connectivity index is 1.55. The number of ether oxygens (including phenoxy) is 2. The number of hydrogen-bond donors (Lipinski definition) is 1. The van der Waals surface area contributed by atoms with Crippen LogP contribution in [0, 0.1) is 0 Å². The number of para-hydroxylation sites is 2. The highest BCUT2D eigenvalue weighted by atomic mass is 16.5. The minimum absolute atomic E-state index is 0.0901. The van der Waals surface area contributed by atoms with Crippen LogP contribution in [0.15, 0.2) is 59.0 Å². The highest BCUT2D eigenvalue weighted by Crippen LogP contribution is 2.27. The van der Waals surface area contributed by atoms with Crippen LogP contribution in [0.4, 0.5) is 0 Å². The van der Waals surface area contributed by atoms with Crippen LogP contribution in [0.3, 0.4) is 0 Å². The summed E-state index contributed by atoms with van der Waals surface area (Å²) in [4.78, 5) is 12.7. The first kappa shape index (κ1) is 16.7. The maximum Gasteiger partial charge on any atom is 0.287 e. The van der Waals surface area contributed by atoms with Gasteiger partial charge in [0.25, 0.3) is 5.91 Å². The molecule has 2 aromatic carbocycles. The summed E-state index contributed by atoms with van der Waals surface area (Å²) < 4.78 is 17.3. The lowest BCUT2D eigenvalue weighted by Gasteiger charge is -2.11. The minimum atomic E-state index is -0.233. The average molecular weight is 351 g/mol. The lowest BCUT2D eigenvalue weighted by molar-refractivity contribution is 0.0834. The molecule has 5 nitrogen and oxygen atoms in total. The van der Waals surface area contributed by atoms with E-state index < -0.39 is 0 Å². The van der Waals surface area contributed by atoms with Crippen LogP contribution in [0.2, 0.25) is 0 Å². The summed E-state index contributed by atoms with van der Waals surface area (Å²) in [6, 6.07) is 17.2. The van der Waals surface area contributed by atoms with Gasteiger partial charge < -0.3 is 19.2 Å². The number of rotatable bonds is 6. The summed E-state index contributed by atoms with van der Waals surface area (Å²) in [6.45, 7) is 1.53. The maximum absolute atomic E-state index is 12.7. The average Bonchev–Trinajstić information content (AvgIpc) is 3.33. The topological polar surface area (TPSA) is 60.7 Å². The van der Waals surface area contributed by atoms with Gasteiger partial charge in [0.05, 0.1) is 6.10 Å². The number of carbonyl (C=O) groups excluding carboxylic acids is 1. The molecule has 0 bridgehead atoms. The Kier molecular flexibility index (Phi) is 4.88. The van der Waals surface area contributed by atoms with Gasteiger partial charge in [0.2, 0.25) is 0 Å². The number of furan rings is 1. The van der Waals surface area contributed by atoms with Crippen LogP contribution >= 0.6 is 0 Å². The Morgan fingerprint density at radius 3 is 2.73 bits per heavy atom. The highest BCUT2D eigenvalue weighted by molar-refractivity contribution is 5.99. The minimum Gasteiger partial charge on any atom is -0.489 e. The standard InChI is InChI=1S/C21H21NO4/c23-21(22-13-16-9-6-12-24-16)20-18(14-25-15-7-2-1-3-8-15)17-10-4-5-11-19(17)26-20/h1-5,7-8,10-11,16H,6,9,12-14H2,(H,22,23)/t16-/m1/s1. The zero-order valence-corrected chi connectivity index (χ0v) is 14.4. The molecule has 2 heterocycles. The first-order valence-electron chi connectivity index (χ1n) is 8.89. The van der Waals surface area contributed by atoms with Crippen LogP contribution in [0.25, 0.3) is 11.0 Å². The molecule has 1 aliphatic rings. The molecule has 0 unspecified atom stereocenters. The van der Waals surface area contributed by atoms with Crippen molar-refractivity contribution in [2.45, 2.75) is 25.6 Å². The van der Waals surface area contributed by atoms with Crippen molar-refractivity contribution >= 4 is 16.9 Å². The number of benzene rings is 2. The molecule has 1 fully saturated rings. The van der Waals surface area contributed by atoms with E-state index in [0.29, 0.717) is 17.9 Å². The molecule has 0 saturated carbocycles. The number of amides is 1. The molecule has 1 N–H and O–H groups in total. The fourth-order valence-electron chi connectivity index (χ4n) is 3.19. The number of carbonyl (C=O) groups is 1. The molecule has 5 heteroatoms. The van der Waals surface area contributed by atoms with Crippen molar-refractivity contribution in [3.05, 3.63) is 65.9 Å². The molecule has 0 radical (unpaired) electrons. The van der Waals surface area contributed by atoms with Crippen molar-refractivity contribution in [2.24, 2.45) is 0 Å². The first-order valence-corrected chi connectivity index (χ1v) is 8.89. The van der Waals surface area contributed by atoms with E-state index in [-0.39, 0.29) is 18.6 Å². The third kappa shape index (κ3) is 3.58. The monoisotopic (exact) mass is 351 g/mol. The van der Waals surface area contributed by atoms with E-state index in [4.69, 9.17) is 13.9 Å². The van der Waals surface area contributed by atoms with E-state index in [1.807, 2.05) is 54.6 Å². The Morgan fingerprint density at radius 1 is 1.12 bits per heavy atom. The second-order valence-electron chi connectivity index (χ2n) is 6.35. The summed E-state index contributed by atoms with van der Waals surface area (Å²) >= 11 is 0. The van der Waals surface area contributed by atoms with Crippen molar-refractivity contribution in [3.63, 3.8) is 0 Å². The van der Waals surface area contributed by atoms with Crippen molar-refractivity contribution in [1.82, 2.24) is 5.32 Å². The molecule has 4 rings (SSSR count). The van der Waals surface area contributed by atoms with Crippen LogP contribution in [-0.2, 0) is 11.3 Å². The van der Waals surface area contributed by atoms with Gasteiger partial charge in [-0.25, -0.2) is 0 Å². The smallest absolute Gasteiger partial charge is 0.287 e. The van der Waals surface area contributed by atoms with Gasteiger partial charge in [-0.1, -0.05) is 36.4 Å². The van der Waals surface area contributed by atoms with Crippen LogP contribution in [0.5, 0.6) is 5.75 Å². The van der Waals surface area contributed by atoms with Gasteiger partial charge in [-0.2, -0.15) is 0 Å². The lowest BCUT2D eigenvalue weighted by atomic mass is 10.1. The van der Waals surface area contributed by atoms with Crippen molar-refractivity contribution in [3.8, 4) is 5.75 Å². The molecule has 134 valence electrons. The Morgan fingerprint density at radius 2 is 1.92 bits per heavy atom.